The lowest BCUT2D eigenvalue weighted by atomic mass is 10.1. The highest BCUT2D eigenvalue weighted by Gasteiger charge is 2.37. The van der Waals surface area contributed by atoms with Crippen molar-refractivity contribution >= 4 is 40.3 Å². The number of hydrogen-bond acceptors (Lipinski definition) is 5. The van der Waals surface area contributed by atoms with Crippen LogP contribution < -0.4 is 5.43 Å². The van der Waals surface area contributed by atoms with Crippen molar-refractivity contribution in [1.82, 2.24) is 5.43 Å². The van der Waals surface area contributed by atoms with Crippen LogP contribution in [-0.2, 0) is 0 Å². The van der Waals surface area contributed by atoms with Gasteiger partial charge in [0, 0.05) is 0 Å². The highest BCUT2D eigenvalue weighted by molar-refractivity contribution is 7.18. The number of alkyl halides is 3. The molecule has 0 unspecified atom stereocenters. The minimum Gasteiger partial charge on any atom is -0.507 e. The molecule has 0 fully saturated rings. The summed E-state index contributed by atoms with van der Waals surface area (Å²) in [4.78, 5) is 23.8. The molecular weight excluding hydrogens is 381 g/mol. The van der Waals surface area contributed by atoms with E-state index in [1.54, 1.807) is 5.43 Å². The molecule has 1 amide bonds. The van der Waals surface area contributed by atoms with Gasteiger partial charge in [-0.15, -0.1) is 11.3 Å². The van der Waals surface area contributed by atoms with Crippen LogP contribution >= 0.6 is 22.9 Å². The minimum absolute atomic E-state index is 0.0500. The number of thiophene rings is 1. The number of phenols is 1. The lowest BCUT2D eigenvalue weighted by molar-refractivity contribution is -0.0605. The molecule has 0 saturated heterocycles. The van der Waals surface area contributed by atoms with Crippen LogP contribution in [0.1, 0.15) is 26.5 Å². The Morgan fingerprint density at radius 1 is 1.20 bits per heavy atom. The molecule has 25 heavy (non-hydrogen) atoms. The Kier molecular flexibility index (Phi) is 5.81. The van der Waals surface area contributed by atoms with Crippen molar-refractivity contribution in [3.8, 4) is 5.75 Å². The first kappa shape index (κ1) is 18.9. The summed E-state index contributed by atoms with van der Waals surface area (Å²) in [5.74, 6) is -2.27. The third-order valence-corrected chi connectivity index (χ3v) is 4.22. The summed E-state index contributed by atoms with van der Waals surface area (Å²) >= 11 is 6.49. The largest absolute Gasteiger partial charge is 0.507 e. The van der Waals surface area contributed by atoms with Crippen molar-refractivity contribution in [3.05, 3.63) is 51.2 Å². The Hall–Kier alpha value is -2.39. The third-order valence-electron chi connectivity index (χ3n) is 2.94. The standard InChI is InChI=1S/C15H10ClF3N2O3S/c16-13-6-5-11(25-13)10(23)7-12(15(17,18)19)20-21-14(24)8-3-1-2-4-9(8)22/h1-6,22H,7H2,(H,21,24). The number of phenolic OH excluding ortho intramolecular Hbond substituents is 1. The molecule has 0 saturated carbocycles. The predicted molar refractivity (Wildman–Crippen MR) is 87.3 cm³/mol. The van der Waals surface area contributed by atoms with Gasteiger partial charge in [0.05, 0.1) is 21.2 Å². The van der Waals surface area contributed by atoms with Gasteiger partial charge in [0.15, 0.2) is 5.78 Å². The molecule has 0 spiro atoms. The fraction of sp³-hybridized carbons (Fsp3) is 0.133. The number of benzene rings is 1. The zero-order valence-electron chi connectivity index (χ0n) is 12.3. The molecule has 5 nitrogen and oxygen atoms in total. The van der Waals surface area contributed by atoms with E-state index in [4.69, 9.17) is 11.6 Å². The maximum absolute atomic E-state index is 13.0. The third kappa shape index (κ3) is 5.04. The second-order valence-electron chi connectivity index (χ2n) is 4.72. The maximum atomic E-state index is 13.0. The molecule has 0 aliphatic carbocycles. The van der Waals surface area contributed by atoms with Crippen molar-refractivity contribution in [2.24, 2.45) is 5.10 Å². The van der Waals surface area contributed by atoms with Crippen molar-refractivity contribution in [2.75, 3.05) is 0 Å². The normalized spacial score (nSPS) is 12.1. The van der Waals surface area contributed by atoms with E-state index in [0.717, 1.165) is 11.3 Å². The summed E-state index contributed by atoms with van der Waals surface area (Å²) < 4.78 is 39.3. The number of halogens is 4. The quantitative estimate of drug-likeness (QED) is 0.459. The van der Waals surface area contributed by atoms with E-state index in [0.29, 0.717) is 0 Å². The minimum atomic E-state index is -4.91. The second-order valence-corrected chi connectivity index (χ2v) is 6.43. The zero-order valence-corrected chi connectivity index (χ0v) is 13.9. The van der Waals surface area contributed by atoms with E-state index in [-0.39, 0.29) is 14.8 Å². The van der Waals surface area contributed by atoms with Crippen LogP contribution in [0.25, 0.3) is 0 Å². The number of Topliss-reactive ketones (excluding diaryl/α,β-unsaturated/α-hetero) is 1. The summed E-state index contributed by atoms with van der Waals surface area (Å²) in [5.41, 5.74) is -0.0104. The highest BCUT2D eigenvalue weighted by Crippen LogP contribution is 2.25. The number of hydrazone groups is 1. The van der Waals surface area contributed by atoms with E-state index >= 15 is 0 Å². The molecule has 0 bridgehead atoms. The predicted octanol–water partition coefficient (Wildman–Crippen LogP) is 4.03. The van der Waals surface area contributed by atoms with E-state index < -0.39 is 35.7 Å². The van der Waals surface area contributed by atoms with Crippen molar-refractivity contribution in [3.63, 3.8) is 0 Å². The van der Waals surface area contributed by atoms with Gasteiger partial charge >= 0.3 is 6.18 Å². The van der Waals surface area contributed by atoms with Gasteiger partial charge in [0.25, 0.3) is 5.91 Å². The SMILES string of the molecule is O=C(CC(=NNC(=O)c1ccccc1O)C(F)(F)F)c1ccc(Cl)s1. The first-order valence-electron chi connectivity index (χ1n) is 6.69. The van der Waals surface area contributed by atoms with Gasteiger partial charge in [-0.05, 0) is 24.3 Å². The van der Waals surface area contributed by atoms with Crippen LogP contribution in [0, 0.1) is 0 Å². The molecule has 0 aliphatic heterocycles. The molecule has 0 atom stereocenters. The molecular formula is C15H10ClF3N2O3S. The lowest BCUT2D eigenvalue weighted by Gasteiger charge is -2.10. The topological polar surface area (TPSA) is 78.8 Å². The number of para-hydroxylation sites is 1. The number of rotatable bonds is 5. The molecule has 2 rings (SSSR count). The number of nitrogens with zero attached hydrogens (tertiary/aromatic N) is 1. The number of nitrogens with one attached hydrogen (secondary N) is 1. The van der Waals surface area contributed by atoms with Crippen LogP contribution in [0.2, 0.25) is 4.34 Å². The molecule has 1 aromatic carbocycles. The van der Waals surface area contributed by atoms with Crippen molar-refractivity contribution in [1.29, 1.82) is 0 Å². The van der Waals surface area contributed by atoms with Crippen molar-refractivity contribution < 1.29 is 27.9 Å². The summed E-state index contributed by atoms with van der Waals surface area (Å²) in [5, 5.41) is 12.5. The number of hydrogen-bond donors (Lipinski definition) is 2. The second kappa shape index (κ2) is 7.66. The average Bonchev–Trinajstić information content (AvgIpc) is 2.97. The van der Waals surface area contributed by atoms with Crippen LogP contribution in [-0.4, -0.2) is 28.7 Å². The Bertz CT molecular complexity index is 833. The van der Waals surface area contributed by atoms with Gasteiger partial charge in [0.1, 0.15) is 11.5 Å². The van der Waals surface area contributed by atoms with Gasteiger partial charge < -0.3 is 5.11 Å². The van der Waals surface area contributed by atoms with E-state index in [1.165, 1.54) is 36.4 Å². The van der Waals surface area contributed by atoms with E-state index in [9.17, 15) is 27.9 Å². The molecule has 132 valence electrons. The first-order valence-corrected chi connectivity index (χ1v) is 7.88. The van der Waals surface area contributed by atoms with Crippen LogP contribution in [0.3, 0.4) is 0 Å². The van der Waals surface area contributed by atoms with Gasteiger partial charge in [-0.1, -0.05) is 23.7 Å². The average molecular weight is 391 g/mol. The van der Waals surface area contributed by atoms with Crippen molar-refractivity contribution in [2.45, 2.75) is 12.6 Å². The number of carbonyl (C=O) groups is 2. The summed E-state index contributed by atoms with van der Waals surface area (Å²) in [7, 11) is 0. The zero-order chi connectivity index (χ0) is 18.6. The van der Waals surface area contributed by atoms with Gasteiger partial charge in [0.2, 0.25) is 0 Å². The van der Waals surface area contributed by atoms with E-state index in [2.05, 4.69) is 5.10 Å². The first-order chi connectivity index (χ1) is 11.7. The summed E-state index contributed by atoms with van der Waals surface area (Å²) in [6.45, 7) is 0. The molecule has 2 N–H and O–H groups in total. The molecule has 0 aliphatic rings. The maximum Gasteiger partial charge on any atom is 0.431 e. The Labute approximate surface area is 148 Å². The molecule has 0 radical (unpaired) electrons. The fourth-order valence-corrected chi connectivity index (χ4v) is 2.73. The van der Waals surface area contributed by atoms with E-state index in [1.807, 2.05) is 0 Å². The van der Waals surface area contributed by atoms with Crippen LogP contribution in [0.15, 0.2) is 41.5 Å². The van der Waals surface area contributed by atoms with Gasteiger partial charge in [-0.2, -0.15) is 18.3 Å². The molecule has 2 aromatic rings. The molecule has 1 aromatic heterocycles. The summed E-state index contributed by atoms with van der Waals surface area (Å²) in [6.07, 6.45) is -5.97. The monoisotopic (exact) mass is 390 g/mol. The van der Waals surface area contributed by atoms with Crippen LogP contribution in [0.4, 0.5) is 13.2 Å². The molecule has 1 heterocycles. The Morgan fingerprint density at radius 2 is 1.88 bits per heavy atom. The number of aromatic hydroxyl groups is 1. The van der Waals surface area contributed by atoms with Gasteiger partial charge in [-0.3, -0.25) is 9.59 Å². The Balaban J connectivity index is 2.17. The number of amides is 1. The van der Waals surface area contributed by atoms with Gasteiger partial charge in [-0.25, -0.2) is 5.43 Å². The lowest BCUT2D eigenvalue weighted by Crippen LogP contribution is -2.30. The summed E-state index contributed by atoms with van der Waals surface area (Å²) in [6, 6.07) is 7.99. The highest BCUT2D eigenvalue weighted by atomic mass is 35.5. The fourth-order valence-electron chi connectivity index (χ4n) is 1.75. The van der Waals surface area contributed by atoms with Crippen LogP contribution in [0.5, 0.6) is 5.75 Å². The number of carbonyl (C=O) groups excluding carboxylic acids is 2. The smallest absolute Gasteiger partial charge is 0.431 e. The Morgan fingerprint density at radius 3 is 2.44 bits per heavy atom. The molecule has 10 heteroatoms. The number of ketones is 1.